The van der Waals surface area contributed by atoms with Crippen LogP contribution in [0.5, 0.6) is 0 Å². The van der Waals surface area contributed by atoms with Gasteiger partial charge in [-0.2, -0.15) is 0 Å². The van der Waals surface area contributed by atoms with Gasteiger partial charge in [0, 0.05) is 11.8 Å². The molecule has 102 valence electrons. The van der Waals surface area contributed by atoms with Crippen molar-refractivity contribution < 1.29 is 14.6 Å². The Morgan fingerprint density at radius 1 is 1.26 bits per heavy atom. The van der Waals surface area contributed by atoms with Crippen LogP contribution in [-0.2, 0) is 22.4 Å². The molecule has 0 amide bonds. The molecule has 19 heavy (non-hydrogen) atoms. The van der Waals surface area contributed by atoms with Gasteiger partial charge in [-0.3, -0.25) is 0 Å². The smallest absolute Gasteiger partial charge is 0.338 e. The fourth-order valence-electron chi connectivity index (χ4n) is 3.76. The Labute approximate surface area is 113 Å². The van der Waals surface area contributed by atoms with Crippen molar-refractivity contribution in [3.63, 3.8) is 0 Å². The van der Waals surface area contributed by atoms with Gasteiger partial charge in [0.2, 0.25) is 0 Å². The largest absolute Gasteiger partial charge is 0.464 e. The number of rotatable bonds is 2. The van der Waals surface area contributed by atoms with E-state index >= 15 is 0 Å². The number of aliphatic hydroxyl groups is 1. The zero-order chi connectivity index (χ0) is 13.5. The number of esters is 1. The minimum absolute atomic E-state index is 0.000185. The van der Waals surface area contributed by atoms with Crippen LogP contribution in [0.3, 0.4) is 0 Å². The molecule has 2 unspecified atom stereocenters. The van der Waals surface area contributed by atoms with Gasteiger partial charge in [-0.15, -0.1) is 0 Å². The predicted octanol–water partition coefficient (Wildman–Crippen LogP) is 2.11. The molecule has 0 spiro atoms. The maximum absolute atomic E-state index is 12.2. The molecule has 0 radical (unpaired) electrons. The molecule has 2 aliphatic rings. The summed E-state index contributed by atoms with van der Waals surface area (Å²) in [7, 11) is 0. The highest BCUT2D eigenvalue weighted by atomic mass is 16.5. The summed E-state index contributed by atoms with van der Waals surface area (Å²) >= 11 is 0. The molecule has 0 aliphatic heterocycles. The quantitative estimate of drug-likeness (QED) is 0.828. The SMILES string of the molecule is CCOC(=O)C1(O)C2CCC1Cc1ccccc1C2. The Balaban J connectivity index is 1.97. The molecule has 2 atom stereocenters. The molecule has 3 rings (SSSR count). The van der Waals surface area contributed by atoms with Crippen LogP contribution in [0.4, 0.5) is 0 Å². The molecule has 0 aromatic heterocycles. The molecule has 1 aromatic carbocycles. The number of hydrogen-bond donors (Lipinski definition) is 1. The maximum Gasteiger partial charge on any atom is 0.338 e. The van der Waals surface area contributed by atoms with Crippen LogP contribution in [0.2, 0.25) is 0 Å². The Morgan fingerprint density at radius 3 is 2.26 bits per heavy atom. The van der Waals surface area contributed by atoms with E-state index in [0.717, 1.165) is 25.7 Å². The van der Waals surface area contributed by atoms with Crippen LogP contribution in [-0.4, -0.2) is 23.3 Å². The van der Waals surface area contributed by atoms with E-state index < -0.39 is 11.6 Å². The van der Waals surface area contributed by atoms with Crippen molar-refractivity contribution in [2.45, 2.75) is 38.2 Å². The van der Waals surface area contributed by atoms with Crippen molar-refractivity contribution in [2.24, 2.45) is 11.8 Å². The molecule has 3 nitrogen and oxygen atoms in total. The lowest BCUT2D eigenvalue weighted by Gasteiger charge is -2.30. The lowest BCUT2D eigenvalue weighted by atomic mass is 9.82. The molecule has 2 aliphatic carbocycles. The van der Waals surface area contributed by atoms with E-state index in [4.69, 9.17) is 4.74 Å². The fourth-order valence-corrected chi connectivity index (χ4v) is 3.76. The number of fused-ring (bicyclic) bond motifs is 3. The van der Waals surface area contributed by atoms with Crippen molar-refractivity contribution >= 4 is 5.97 Å². The second-order valence-corrected chi connectivity index (χ2v) is 5.69. The first-order valence-corrected chi connectivity index (χ1v) is 7.12. The van der Waals surface area contributed by atoms with Crippen molar-refractivity contribution in [3.8, 4) is 0 Å². The van der Waals surface area contributed by atoms with Gasteiger partial charge in [-0.05, 0) is 43.7 Å². The summed E-state index contributed by atoms with van der Waals surface area (Å²) in [6, 6.07) is 8.28. The van der Waals surface area contributed by atoms with Crippen LogP contribution >= 0.6 is 0 Å². The zero-order valence-corrected chi connectivity index (χ0v) is 11.3. The maximum atomic E-state index is 12.2. The van der Waals surface area contributed by atoms with Gasteiger partial charge in [-0.1, -0.05) is 24.3 Å². The topological polar surface area (TPSA) is 46.5 Å². The van der Waals surface area contributed by atoms with Gasteiger partial charge in [-0.25, -0.2) is 4.79 Å². The summed E-state index contributed by atoms with van der Waals surface area (Å²) in [6.07, 6.45) is 3.38. The Kier molecular flexibility index (Phi) is 3.09. The van der Waals surface area contributed by atoms with Crippen molar-refractivity contribution in [2.75, 3.05) is 6.61 Å². The molecule has 1 saturated carbocycles. The normalized spacial score (nSPS) is 32.5. The van der Waals surface area contributed by atoms with Crippen LogP contribution in [0.25, 0.3) is 0 Å². The fraction of sp³-hybridized carbons (Fsp3) is 0.562. The van der Waals surface area contributed by atoms with Gasteiger partial charge < -0.3 is 9.84 Å². The van der Waals surface area contributed by atoms with Crippen LogP contribution in [0.15, 0.2) is 24.3 Å². The molecule has 0 heterocycles. The van der Waals surface area contributed by atoms with Gasteiger partial charge in [0.1, 0.15) is 0 Å². The Bertz CT molecular complexity index is 462. The molecule has 1 N–H and O–H groups in total. The van der Waals surface area contributed by atoms with Crippen molar-refractivity contribution in [1.29, 1.82) is 0 Å². The highest BCUT2D eigenvalue weighted by Crippen LogP contribution is 2.47. The molecule has 2 bridgehead atoms. The minimum Gasteiger partial charge on any atom is -0.464 e. The van der Waals surface area contributed by atoms with E-state index in [-0.39, 0.29) is 11.8 Å². The summed E-state index contributed by atoms with van der Waals surface area (Å²) < 4.78 is 5.13. The monoisotopic (exact) mass is 260 g/mol. The summed E-state index contributed by atoms with van der Waals surface area (Å²) in [5, 5.41) is 10.9. The van der Waals surface area contributed by atoms with Gasteiger partial charge in [0.25, 0.3) is 0 Å². The zero-order valence-electron chi connectivity index (χ0n) is 11.3. The standard InChI is InChI=1S/C16H20O3/c1-2-19-15(17)16(18)13-7-8-14(16)10-12-6-4-3-5-11(12)9-13/h3-6,13-14,18H,2,7-10H2,1H3. The summed E-state index contributed by atoms with van der Waals surface area (Å²) in [4.78, 5) is 12.2. The number of benzene rings is 1. The molecule has 3 heteroatoms. The average molecular weight is 260 g/mol. The minimum atomic E-state index is -1.28. The second kappa shape index (κ2) is 4.64. The highest BCUT2D eigenvalue weighted by Gasteiger charge is 2.56. The number of carbonyl (C=O) groups excluding carboxylic acids is 1. The third kappa shape index (κ3) is 1.88. The van der Waals surface area contributed by atoms with Gasteiger partial charge >= 0.3 is 5.97 Å². The summed E-state index contributed by atoms with van der Waals surface area (Å²) in [6.45, 7) is 2.11. The average Bonchev–Trinajstić information content (AvgIpc) is 2.63. The first kappa shape index (κ1) is 12.7. The molecule has 1 fully saturated rings. The van der Waals surface area contributed by atoms with E-state index in [1.807, 2.05) is 12.1 Å². The lowest BCUT2D eigenvalue weighted by Crippen LogP contribution is -2.49. The van der Waals surface area contributed by atoms with E-state index in [0.29, 0.717) is 6.61 Å². The summed E-state index contributed by atoms with van der Waals surface area (Å²) in [5.74, 6) is -0.421. The number of carbonyl (C=O) groups is 1. The van der Waals surface area contributed by atoms with E-state index in [1.54, 1.807) is 6.92 Å². The van der Waals surface area contributed by atoms with Gasteiger partial charge in [0.05, 0.1) is 6.61 Å². The molecule has 0 saturated heterocycles. The Hall–Kier alpha value is -1.35. The first-order valence-electron chi connectivity index (χ1n) is 7.12. The first-order chi connectivity index (χ1) is 9.16. The number of ether oxygens (including phenoxy) is 1. The van der Waals surface area contributed by atoms with Crippen LogP contribution in [0.1, 0.15) is 30.9 Å². The van der Waals surface area contributed by atoms with E-state index in [1.165, 1.54) is 11.1 Å². The van der Waals surface area contributed by atoms with Gasteiger partial charge in [0.15, 0.2) is 5.60 Å². The highest BCUT2D eigenvalue weighted by molar-refractivity contribution is 5.81. The van der Waals surface area contributed by atoms with Crippen molar-refractivity contribution in [3.05, 3.63) is 35.4 Å². The van der Waals surface area contributed by atoms with E-state index in [2.05, 4.69) is 12.1 Å². The second-order valence-electron chi connectivity index (χ2n) is 5.69. The van der Waals surface area contributed by atoms with E-state index in [9.17, 15) is 9.90 Å². The predicted molar refractivity (Wildman–Crippen MR) is 71.6 cm³/mol. The van der Waals surface area contributed by atoms with Crippen molar-refractivity contribution in [1.82, 2.24) is 0 Å². The third-order valence-electron chi connectivity index (χ3n) is 4.76. The lowest BCUT2D eigenvalue weighted by molar-refractivity contribution is -0.174. The van der Waals surface area contributed by atoms with Crippen LogP contribution in [0, 0.1) is 11.8 Å². The molecular weight excluding hydrogens is 240 g/mol. The molecular formula is C16H20O3. The molecule has 1 aromatic rings. The summed E-state index contributed by atoms with van der Waals surface area (Å²) in [5.41, 5.74) is 1.27. The van der Waals surface area contributed by atoms with Crippen LogP contribution < -0.4 is 0 Å². The third-order valence-corrected chi connectivity index (χ3v) is 4.76. The Morgan fingerprint density at radius 2 is 1.79 bits per heavy atom. The number of hydrogen-bond acceptors (Lipinski definition) is 3.